The van der Waals surface area contributed by atoms with E-state index in [0.717, 1.165) is 38.2 Å². The number of benzene rings is 3. The molecule has 0 saturated carbocycles. The van der Waals surface area contributed by atoms with Crippen LogP contribution in [-0.2, 0) is 0 Å². The highest BCUT2D eigenvalue weighted by Gasteiger charge is 2.26. The summed E-state index contributed by atoms with van der Waals surface area (Å²) in [6, 6.07) is 17.9. The predicted molar refractivity (Wildman–Crippen MR) is 144 cm³/mol. The number of nitrogens with one attached hydrogen (secondary N) is 1. The van der Waals surface area contributed by atoms with Crippen LogP contribution in [0.3, 0.4) is 0 Å². The van der Waals surface area contributed by atoms with Crippen LogP contribution in [0.15, 0.2) is 73.1 Å². The van der Waals surface area contributed by atoms with Crippen LogP contribution in [0.1, 0.15) is 44.4 Å². The van der Waals surface area contributed by atoms with Gasteiger partial charge in [0.2, 0.25) is 0 Å². The lowest BCUT2D eigenvalue weighted by molar-refractivity contribution is 0.0881. The first-order valence-electron chi connectivity index (χ1n) is 12.0. The molecule has 5 rings (SSSR count). The third-order valence-electron chi connectivity index (χ3n) is 6.24. The number of thiazole rings is 1. The lowest BCUT2D eigenvalue weighted by atomic mass is 9.96. The van der Waals surface area contributed by atoms with Crippen LogP contribution in [-0.4, -0.2) is 26.7 Å². The molecule has 1 amide bonds. The van der Waals surface area contributed by atoms with Crippen molar-refractivity contribution in [2.45, 2.75) is 39.8 Å². The van der Waals surface area contributed by atoms with E-state index in [1.54, 1.807) is 29.2 Å². The zero-order valence-corrected chi connectivity index (χ0v) is 21.8. The molecule has 0 saturated heterocycles. The van der Waals surface area contributed by atoms with Gasteiger partial charge in [-0.15, -0.1) is 11.3 Å². The predicted octanol–water partition coefficient (Wildman–Crippen LogP) is 6.48. The first-order valence-corrected chi connectivity index (χ1v) is 12.8. The van der Waals surface area contributed by atoms with E-state index in [1.807, 2.05) is 45.9 Å². The molecule has 3 aromatic carbocycles. The van der Waals surface area contributed by atoms with Crippen LogP contribution >= 0.6 is 11.3 Å². The maximum absolute atomic E-state index is 13.4. The Labute approximate surface area is 218 Å². The van der Waals surface area contributed by atoms with Gasteiger partial charge in [0.1, 0.15) is 17.7 Å². The number of fused-ring (bicyclic) bond motifs is 1. The summed E-state index contributed by atoms with van der Waals surface area (Å²) in [5.41, 5.74) is 4.84. The summed E-state index contributed by atoms with van der Waals surface area (Å²) < 4.78 is 21.7. The van der Waals surface area contributed by atoms with Gasteiger partial charge in [-0.1, -0.05) is 23.8 Å². The van der Waals surface area contributed by atoms with E-state index in [9.17, 15) is 9.18 Å². The summed E-state index contributed by atoms with van der Waals surface area (Å²) in [4.78, 5) is 18.1. The Kier molecular flexibility index (Phi) is 6.76. The van der Waals surface area contributed by atoms with Crippen molar-refractivity contribution in [1.29, 1.82) is 0 Å². The molecule has 2 unspecified atom stereocenters. The number of amides is 1. The summed E-state index contributed by atoms with van der Waals surface area (Å²) in [5, 5.41) is 8.88. The molecule has 37 heavy (non-hydrogen) atoms. The fourth-order valence-electron chi connectivity index (χ4n) is 4.32. The topological polar surface area (TPSA) is 69.0 Å². The molecule has 2 atom stereocenters. The summed E-state index contributed by atoms with van der Waals surface area (Å²) in [6.45, 7) is 7.95. The number of halogens is 1. The van der Waals surface area contributed by atoms with Crippen LogP contribution in [0.5, 0.6) is 5.75 Å². The largest absolute Gasteiger partial charge is 0.484 e. The highest BCUT2D eigenvalue weighted by molar-refractivity contribution is 7.13. The van der Waals surface area contributed by atoms with Crippen LogP contribution in [0.2, 0.25) is 0 Å². The molecule has 0 aliphatic heterocycles. The second-order valence-corrected chi connectivity index (χ2v) is 10.4. The van der Waals surface area contributed by atoms with Gasteiger partial charge in [0.15, 0.2) is 5.01 Å². The zero-order chi connectivity index (χ0) is 26.1. The number of carbonyl (C=O) groups is 1. The van der Waals surface area contributed by atoms with Crippen molar-refractivity contribution in [3.05, 3.63) is 105 Å². The van der Waals surface area contributed by atoms with E-state index in [0.29, 0.717) is 10.8 Å². The standard InChI is InChI=1S/C29H27FN4O2S/c1-17-5-6-18(2)25(13-17)27(20(4)33-28(35)29-31-15-19(3)37-29)36-24-11-12-26-21(14-24)16-32-34(26)23-9-7-22(30)8-10-23/h5-16,20,27H,1-4H3,(H,33,35). The van der Waals surface area contributed by atoms with Crippen LogP contribution in [0.25, 0.3) is 16.6 Å². The molecule has 5 aromatic rings. The van der Waals surface area contributed by atoms with Crippen molar-refractivity contribution >= 4 is 28.1 Å². The molecule has 0 bridgehead atoms. The summed E-state index contributed by atoms with van der Waals surface area (Å²) >= 11 is 1.36. The fraction of sp³-hybridized carbons (Fsp3) is 0.207. The number of hydrogen-bond donors (Lipinski definition) is 1. The van der Waals surface area contributed by atoms with Crippen molar-refractivity contribution in [3.8, 4) is 11.4 Å². The number of ether oxygens (including phenoxy) is 1. The second-order valence-electron chi connectivity index (χ2n) is 9.19. The van der Waals surface area contributed by atoms with E-state index in [4.69, 9.17) is 4.74 Å². The van der Waals surface area contributed by atoms with Gasteiger partial charge in [-0.05, 0) is 81.3 Å². The number of nitrogens with zero attached hydrogens (tertiary/aromatic N) is 3. The Hall–Kier alpha value is -4.04. The molecule has 188 valence electrons. The van der Waals surface area contributed by atoms with Crippen molar-refractivity contribution in [3.63, 3.8) is 0 Å². The van der Waals surface area contributed by atoms with E-state index < -0.39 is 6.10 Å². The minimum atomic E-state index is -0.436. The van der Waals surface area contributed by atoms with Crippen molar-refractivity contribution in [1.82, 2.24) is 20.1 Å². The SMILES string of the molecule is Cc1ccc(C)c(C(Oc2ccc3c(cnn3-c3ccc(F)cc3)c2)C(C)NC(=O)c2ncc(C)s2)c1. The van der Waals surface area contributed by atoms with Gasteiger partial charge in [0, 0.05) is 16.5 Å². The van der Waals surface area contributed by atoms with Gasteiger partial charge < -0.3 is 10.1 Å². The number of aryl methyl sites for hydroxylation is 3. The molecule has 0 aliphatic carbocycles. The number of carbonyl (C=O) groups excluding carboxylic acids is 1. The summed E-state index contributed by atoms with van der Waals surface area (Å²) in [7, 11) is 0. The van der Waals surface area contributed by atoms with E-state index >= 15 is 0 Å². The number of aromatic nitrogens is 3. The Morgan fingerprint density at radius 2 is 1.81 bits per heavy atom. The van der Waals surface area contributed by atoms with Crippen LogP contribution < -0.4 is 10.1 Å². The molecule has 2 aromatic heterocycles. The van der Waals surface area contributed by atoms with Gasteiger partial charge in [0.05, 0.1) is 23.4 Å². The quantitative estimate of drug-likeness (QED) is 0.270. The van der Waals surface area contributed by atoms with Gasteiger partial charge in [0.25, 0.3) is 5.91 Å². The first kappa shape index (κ1) is 24.6. The van der Waals surface area contributed by atoms with E-state index in [-0.39, 0.29) is 17.8 Å². The number of hydrogen-bond acceptors (Lipinski definition) is 5. The minimum absolute atomic E-state index is 0.222. The summed E-state index contributed by atoms with van der Waals surface area (Å²) in [5.74, 6) is 0.142. The Morgan fingerprint density at radius 1 is 1.03 bits per heavy atom. The Balaban J connectivity index is 1.46. The summed E-state index contributed by atoms with van der Waals surface area (Å²) in [6.07, 6.45) is 3.02. The fourth-order valence-corrected chi connectivity index (χ4v) is 4.99. The molecular weight excluding hydrogens is 487 g/mol. The van der Waals surface area contributed by atoms with Gasteiger partial charge in [-0.25, -0.2) is 14.1 Å². The molecule has 8 heteroatoms. The molecule has 1 N–H and O–H groups in total. The maximum Gasteiger partial charge on any atom is 0.280 e. The lowest BCUT2D eigenvalue weighted by Gasteiger charge is -2.28. The maximum atomic E-state index is 13.4. The average Bonchev–Trinajstić information content (AvgIpc) is 3.50. The van der Waals surface area contributed by atoms with Gasteiger partial charge >= 0.3 is 0 Å². The molecule has 0 spiro atoms. The van der Waals surface area contributed by atoms with E-state index in [2.05, 4.69) is 33.6 Å². The normalized spacial score (nSPS) is 12.9. The monoisotopic (exact) mass is 514 g/mol. The first-order chi connectivity index (χ1) is 17.8. The second kappa shape index (κ2) is 10.1. The molecule has 2 heterocycles. The zero-order valence-electron chi connectivity index (χ0n) is 21.0. The highest BCUT2D eigenvalue weighted by atomic mass is 32.1. The van der Waals surface area contributed by atoms with Gasteiger partial charge in [-0.3, -0.25) is 4.79 Å². The van der Waals surface area contributed by atoms with Crippen LogP contribution in [0, 0.1) is 26.6 Å². The third-order valence-corrected chi connectivity index (χ3v) is 7.15. The van der Waals surface area contributed by atoms with E-state index in [1.165, 1.54) is 23.5 Å². The Morgan fingerprint density at radius 3 is 2.54 bits per heavy atom. The lowest BCUT2D eigenvalue weighted by Crippen LogP contribution is -2.39. The molecule has 0 radical (unpaired) electrons. The van der Waals surface area contributed by atoms with Crippen LogP contribution in [0.4, 0.5) is 4.39 Å². The molecule has 0 fully saturated rings. The van der Waals surface area contributed by atoms with Crippen molar-refractivity contribution in [2.75, 3.05) is 0 Å². The van der Waals surface area contributed by atoms with Crippen molar-refractivity contribution < 1.29 is 13.9 Å². The minimum Gasteiger partial charge on any atom is -0.484 e. The number of rotatable bonds is 7. The van der Waals surface area contributed by atoms with Gasteiger partial charge in [-0.2, -0.15) is 5.10 Å². The average molecular weight is 515 g/mol. The molecular formula is C29H27FN4O2S. The molecule has 6 nitrogen and oxygen atoms in total. The Bertz CT molecular complexity index is 1570. The smallest absolute Gasteiger partial charge is 0.280 e. The highest BCUT2D eigenvalue weighted by Crippen LogP contribution is 2.31. The third kappa shape index (κ3) is 5.24. The van der Waals surface area contributed by atoms with Crippen molar-refractivity contribution in [2.24, 2.45) is 0 Å². The molecule has 0 aliphatic rings.